The van der Waals surface area contributed by atoms with Gasteiger partial charge in [-0.3, -0.25) is 4.79 Å². The molecule has 178 valence electrons. The molecule has 0 saturated carbocycles. The molecule has 1 aromatic heterocycles. The van der Waals surface area contributed by atoms with E-state index in [1.165, 1.54) is 33.4 Å². The molecular formula is C29H36N4O. The van der Waals surface area contributed by atoms with E-state index in [4.69, 9.17) is 0 Å². The molecule has 0 radical (unpaired) electrons. The van der Waals surface area contributed by atoms with E-state index in [1.807, 2.05) is 6.07 Å². The van der Waals surface area contributed by atoms with Crippen molar-refractivity contribution in [3.05, 3.63) is 64.8 Å². The molecule has 0 bridgehead atoms. The van der Waals surface area contributed by atoms with Crippen LogP contribution in [-0.2, 0) is 24.2 Å². The molecule has 1 amide bonds. The van der Waals surface area contributed by atoms with Crippen LogP contribution < -0.4 is 10.2 Å². The van der Waals surface area contributed by atoms with E-state index in [0.717, 1.165) is 38.6 Å². The van der Waals surface area contributed by atoms with Crippen LogP contribution in [0.25, 0.3) is 10.9 Å². The Morgan fingerprint density at radius 1 is 1.18 bits per heavy atom. The van der Waals surface area contributed by atoms with Gasteiger partial charge in [-0.1, -0.05) is 32.0 Å². The maximum atomic E-state index is 12.4. The summed E-state index contributed by atoms with van der Waals surface area (Å²) < 4.78 is 2.46. The smallest absolute Gasteiger partial charge is 0.220 e. The second-order valence-corrected chi connectivity index (χ2v) is 10.2. The number of carbonyl (C=O) groups is 1. The number of rotatable bonds is 6. The molecule has 0 spiro atoms. The van der Waals surface area contributed by atoms with Crippen molar-refractivity contribution in [2.75, 3.05) is 19.0 Å². The lowest BCUT2D eigenvalue weighted by Gasteiger charge is -2.23. The zero-order chi connectivity index (χ0) is 24.2. The third-order valence-electron chi connectivity index (χ3n) is 6.89. The molecule has 1 unspecified atom stereocenters. The standard InChI is InChI=1S/C29H36N4O/c1-20(2)16-29(34)31-23-9-7-11-27-24(14-13-23)25-17-21(18-30)12-15-28(25)33(27)19-22-8-5-6-10-26(22)32(3)4/h5-6,8,10,12,15,17,20,23H,7,9,11,13-14,16,19H2,1-4H3,(H,31,34). The third-order valence-corrected chi connectivity index (χ3v) is 6.89. The summed E-state index contributed by atoms with van der Waals surface area (Å²) in [6.07, 6.45) is 5.44. The second-order valence-electron chi connectivity index (χ2n) is 10.2. The number of aryl methyl sites for hydroxylation is 1. The predicted molar refractivity (Wildman–Crippen MR) is 139 cm³/mol. The van der Waals surface area contributed by atoms with Gasteiger partial charge >= 0.3 is 0 Å². The molecule has 0 aliphatic heterocycles. The van der Waals surface area contributed by atoms with Gasteiger partial charge in [0.05, 0.1) is 11.6 Å². The fourth-order valence-electron chi connectivity index (χ4n) is 5.32. The molecule has 4 rings (SSSR count). The predicted octanol–water partition coefficient (Wildman–Crippen LogP) is 5.43. The Balaban J connectivity index is 1.71. The van der Waals surface area contributed by atoms with Gasteiger partial charge < -0.3 is 14.8 Å². The minimum Gasteiger partial charge on any atom is -0.377 e. The van der Waals surface area contributed by atoms with Gasteiger partial charge in [-0.15, -0.1) is 0 Å². The van der Waals surface area contributed by atoms with Gasteiger partial charge in [-0.2, -0.15) is 5.26 Å². The molecule has 0 fully saturated rings. The maximum Gasteiger partial charge on any atom is 0.220 e. The highest BCUT2D eigenvalue weighted by Crippen LogP contribution is 2.33. The second kappa shape index (κ2) is 10.3. The van der Waals surface area contributed by atoms with Crippen LogP contribution in [0.2, 0.25) is 0 Å². The number of nitrogens with one attached hydrogen (secondary N) is 1. The Labute approximate surface area is 203 Å². The monoisotopic (exact) mass is 456 g/mol. The molecule has 1 aliphatic rings. The molecule has 5 heteroatoms. The van der Waals surface area contributed by atoms with Crippen molar-refractivity contribution in [3.8, 4) is 6.07 Å². The van der Waals surface area contributed by atoms with Crippen molar-refractivity contribution in [2.45, 2.75) is 65.0 Å². The number of benzene rings is 2. The Bertz CT molecular complexity index is 1210. The summed E-state index contributed by atoms with van der Waals surface area (Å²) in [5, 5.41) is 14.0. The Hall–Kier alpha value is -3.26. The summed E-state index contributed by atoms with van der Waals surface area (Å²) in [7, 11) is 4.17. The first-order chi connectivity index (χ1) is 16.4. The SMILES string of the molecule is CC(C)CC(=O)NC1CCCc2c(c3cc(C#N)ccc3n2Cc2ccccc2N(C)C)CC1. The minimum atomic E-state index is 0.162. The molecule has 1 heterocycles. The maximum absolute atomic E-state index is 12.4. The van der Waals surface area contributed by atoms with Crippen LogP contribution in [0, 0.1) is 17.2 Å². The molecule has 0 saturated heterocycles. The first kappa shape index (κ1) is 23.9. The number of hydrogen-bond acceptors (Lipinski definition) is 3. The largest absolute Gasteiger partial charge is 0.377 e. The van der Waals surface area contributed by atoms with Gasteiger partial charge in [0.1, 0.15) is 0 Å². The highest BCUT2D eigenvalue weighted by atomic mass is 16.1. The lowest BCUT2D eigenvalue weighted by Crippen LogP contribution is -2.36. The fraction of sp³-hybridized carbons (Fsp3) is 0.448. The number of amides is 1. The quantitative estimate of drug-likeness (QED) is 0.538. The molecule has 2 aromatic carbocycles. The minimum absolute atomic E-state index is 0.162. The topological polar surface area (TPSA) is 61.1 Å². The van der Waals surface area contributed by atoms with Crippen molar-refractivity contribution in [2.24, 2.45) is 5.92 Å². The number of fused-ring (bicyclic) bond motifs is 3. The first-order valence-corrected chi connectivity index (χ1v) is 12.5. The Morgan fingerprint density at radius 2 is 1.97 bits per heavy atom. The summed E-state index contributed by atoms with van der Waals surface area (Å²) in [6, 6.07) is 17.2. The molecular weight excluding hydrogens is 420 g/mol. The van der Waals surface area contributed by atoms with Gasteiger partial charge in [0.25, 0.3) is 0 Å². The van der Waals surface area contributed by atoms with Crippen LogP contribution in [0.4, 0.5) is 5.69 Å². The molecule has 1 aliphatic carbocycles. The lowest BCUT2D eigenvalue weighted by atomic mass is 9.93. The highest BCUT2D eigenvalue weighted by Gasteiger charge is 2.23. The van der Waals surface area contributed by atoms with Crippen LogP contribution in [0.3, 0.4) is 0 Å². The summed E-state index contributed by atoms with van der Waals surface area (Å²) in [5.74, 6) is 0.530. The summed E-state index contributed by atoms with van der Waals surface area (Å²) in [4.78, 5) is 14.6. The molecule has 34 heavy (non-hydrogen) atoms. The average Bonchev–Trinajstić information content (AvgIpc) is 3.06. The van der Waals surface area contributed by atoms with Gasteiger partial charge in [0.2, 0.25) is 5.91 Å². The van der Waals surface area contributed by atoms with Crippen molar-refractivity contribution < 1.29 is 4.79 Å². The first-order valence-electron chi connectivity index (χ1n) is 12.5. The summed E-state index contributed by atoms with van der Waals surface area (Å²) in [5.41, 5.74) is 7.13. The van der Waals surface area contributed by atoms with E-state index >= 15 is 0 Å². The van der Waals surface area contributed by atoms with E-state index < -0.39 is 0 Å². The summed E-state index contributed by atoms with van der Waals surface area (Å²) >= 11 is 0. The normalized spacial score (nSPS) is 15.9. The van der Waals surface area contributed by atoms with Gasteiger partial charge in [0.15, 0.2) is 0 Å². The highest BCUT2D eigenvalue weighted by molar-refractivity contribution is 5.87. The van der Waals surface area contributed by atoms with Crippen molar-refractivity contribution >= 4 is 22.5 Å². The zero-order valence-electron chi connectivity index (χ0n) is 20.9. The number of carbonyl (C=O) groups excluding carboxylic acids is 1. The fourth-order valence-corrected chi connectivity index (χ4v) is 5.32. The average molecular weight is 457 g/mol. The van der Waals surface area contributed by atoms with E-state index in [9.17, 15) is 10.1 Å². The van der Waals surface area contributed by atoms with Gasteiger partial charge in [0, 0.05) is 55.4 Å². The van der Waals surface area contributed by atoms with Crippen LogP contribution in [0.5, 0.6) is 0 Å². The number of nitriles is 1. The molecule has 3 aromatic rings. The lowest BCUT2D eigenvalue weighted by molar-refractivity contribution is -0.122. The number of aromatic nitrogens is 1. The number of nitrogens with zero attached hydrogens (tertiary/aromatic N) is 3. The third kappa shape index (κ3) is 5.12. The Morgan fingerprint density at radius 3 is 2.71 bits per heavy atom. The molecule has 5 nitrogen and oxygen atoms in total. The van der Waals surface area contributed by atoms with Crippen molar-refractivity contribution in [1.29, 1.82) is 5.26 Å². The van der Waals surface area contributed by atoms with Gasteiger partial charge in [-0.05, 0) is 73.4 Å². The van der Waals surface area contributed by atoms with Crippen LogP contribution in [0.1, 0.15) is 61.9 Å². The van der Waals surface area contributed by atoms with E-state index in [1.54, 1.807) is 0 Å². The Kier molecular flexibility index (Phi) is 7.26. The van der Waals surface area contributed by atoms with E-state index in [-0.39, 0.29) is 11.9 Å². The van der Waals surface area contributed by atoms with Gasteiger partial charge in [-0.25, -0.2) is 0 Å². The van der Waals surface area contributed by atoms with Crippen LogP contribution in [-0.4, -0.2) is 30.6 Å². The molecule has 1 atom stereocenters. The number of anilines is 1. The van der Waals surface area contributed by atoms with Crippen molar-refractivity contribution in [1.82, 2.24) is 9.88 Å². The number of para-hydroxylation sites is 1. The van der Waals surface area contributed by atoms with E-state index in [2.05, 4.69) is 85.2 Å². The summed E-state index contributed by atoms with van der Waals surface area (Å²) in [6.45, 7) is 4.97. The molecule has 1 N–H and O–H groups in total. The van der Waals surface area contributed by atoms with Crippen molar-refractivity contribution in [3.63, 3.8) is 0 Å². The van der Waals surface area contributed by atoms with E-state index in [0.29, 0.717) is 17.9 Å². The zero-order valence-corrected chi connectivity index (χ0v) is 20.9. The van der Waals surface area contributed by atoms with Crippen LogP contribution in [0.15, 0.2) is 42.5 Å². The number of hydrogen-bond donors (Lipinski definition) is 1. The van der Waals surface area contributed by atoms with Crippen LogP contribution >= 0.6 is 0 Å².